The van der Waals surface area contributed by atoms with Crippen molar-refractivity contribution in [2.75, 3.05) is 44.9 Å². The fourth-order valence-electron chi connectivity index (χ4n) is 3.77. The van der Waals surface area contributed by atoms with Crippen molar-refractivity contribution in [3.8, 4) is 0 Å². The first-order chi connectivity index (χ1) is 14.1. The SMILES string of the molecule is COC(=O)CN1C(C)=C(C(=O)N2CCOCC2)C(c2ccccc2)n2ncnc21. The number of aromatic nitrogens is 3. The smallest absolute Gasteiger partial charge is 0.325 e. The molecule has 9 nitrogen and oxygen atoms in total. The summed E-state index contributed by atoms with van der Waals surface area (Å²) in [5.41, 5.74) is 2.16. The van der Waals surface area contributed by atoms with E-state index in [-0.39, 0.29) is 12.5 Å². The van der Waals surface area contributed by atoms with Crippen LogP contribution in [0, 0.1) is 0 Å². The Kier molecular flexibility index (Phi) is 5.30. The Morgan fingerprint density at radius 3 is 2.62 bits per heavy atom. The molecule has 1 aromatic heterocycles. The van der Waals surface area contributed by atoms with E-state index in [9.17, 15) is 9.59 Å². The van der Waals surface area contributed by atoms with Crippen molar-refractivity contribution in [1.82, 2.24) is 19.7 Å². The number of benzene rings is 1. The largest absolute Gasteiger partial charge is 0.468 e. The van der Waals surface area contributed by atoms with Gasteiger partial charge < -0.3 is 19.3 Å². The molecule has 4 rings (SSSR count). The summed E-state index contributed by atoms with van der Waals surface area (Å²) in [5, 5.41) is 4.39. The van der Waals surface area contributed by atoms with Crippen LogP contribution in [0.25, 0.3) is 0 Å². The highest BCUT2D eigenvalue weighted by atomic mass is 16.5. The van der Waals surface area contributed by atoms with Gasteiger partial charge in [0.05, 0.1) is 25.9 Å². The standard InChI is InChI=1S/C20H23N5O4/c1-14-17(19(27)23-8-10-29-11-9-23)18(15-6-4-3-5-7-15)25-20(21-13-22-25)24(14)12-16(26)28-2/h3-7,13,18H,8-12H2,1-2H3. The molecule has 0 bridgehead atoms. The summed E-state index contributed by atoms with van der Waals surface area (Å²) < 4.78 is 11.9. The molecule has 1 aromatic carbocycles. The number of methoxy groups -OCH3 is 1. The van der Waals surface area contributed by atoms with E-state index in [0.717, 1.165) is 5.56 Å². The van der Waals surface area contributed by atoms with Gasteiger partial charge in [0.1, 0.15) is 18.9 Å². The van der Waals surface area contributed by atoms with Crippen molar-refractivity contribution in [2.45, 2.75) is 13.0 Å². The molecule has 29 heavy (non-hydrogen) atoms. The number of nitrogens with zero attached hydrogens (tertiary/aromatic N) is 5. The first-order valence-electron chi connectivity index (χ1n) is 9.48. The van der Waals surface area contributed by atoms with Gasteiger partial charge >= 0.3 is 5.97 Å². The lowest BCUT2D eigenvalue weighted by atomic mass is 9.94. The van der Waals surface area contributed by atoms with Crippen molar-refractivity contribution in [3.05, 3.63) is 53.5 Å². The molecule has 2 aromatic rings. The molecule has 0 spiro atoms. The maximum Gasteiger partial charge on any atom is 0.325 e. The molecule has 1 unspecified atom stereocenters. The number of carbonyl (C=O) groups is 2. The molecule has 1 fully saturated rings. The Morgan fingerprint density at radius 1 is 1.21 bits per heavy atom. The molecule has 2 aliphatic rings. The topological polar surface area (TPSA) is 89.8 Å². The normalized spacial score (nSPS) is 19.2. The van der Waals surface area contributed by atoms with Gasteiger partial charge in [-0.15, -0.1) is 0 Å². The summed E-state index contributed by atoms with van der Waals surface area (Å²) in [7, 11) is 1.34. The number of fused-ring (bicyclic) bond motifs is 1. The van der Waals surface area contributed by atoms with Crippen LogP contribution in [-0.2, 0) is 19.1 Å². The first-order valence-corrected chi connectivity index (χ1v) is 9.48. The molecular formula is C20H23N5O4. The Hall–Kier alpha value is -3.20. The highest BCUT2D eigenvalue weighted by Gasteiger charge is 2.39. The van der Waals surface area contributed by atoms with Crippen LogP contribution >= 0.6 is 0 Å². The minimum absolute atomic E-state index is 0.0531. The van der Waals surface area contributed by atoms with Crippen LogP contribution in [0.1, 0.15) is 18.5 Å². The monoisotopic (exact) mass is 397 g/mol. The van der Waals surface area contributed by atoms with E-state index < -0.39 is 12.0 Å². The molecular weight excluding hydrogens is 374 g/mol. The molecule has 2 aliphatic heterocycles. The van der Waals surface area contributed by atoms with E-state index in [1.54, 1.807) is 14.5 Å². The number of hydrogen-bond donors (Lipinski definition) is 0. The summed E-state index contributed by atoms with van der Waals surface area (Å²) in [6, 6.07) is 9.28. The van der Waals surface area contributed by atoms with Gasteiger partial charge in [0.15, 0.2) is 0 Å². The number of esters is 1. The van der Waals surface area contributed by atoms with E-state index in [4.69, 9.17) is 9.47 Å². The van der Waals surface area contributed by atoms with Gasteiger partial charge in [-0.1, -0.05) is 30.3 Å². The maximum atomic E-state index is 13.6. The molecule has 0 aliphatic carbocycles. The van der Waals surface area contributed by atoms with Crippen LogP contribution in [0.5, 0.6) is 0 Å². The number of rotatable bonds is 4. The van der Waals surface area contributed by atoms with Crippen molar-refractivity contribution in [3.63, 3.8) is 0 Å². The number of amides is 1. The summed E-state index contributed by atoms with van der Waals surface area (Å²) in [5.74, 6) is -0.00816. The van der Waals surface area contributed by atoms with Crippen LogP contribution in [0.2, 0.25) is 0 Å². The molecule has 0 saturated carbocycles. The van der Waals surface area contributed by atoms with E-state index in [0.29, 0.717) is 43.5 Å². The van der Waals surface area contributed by atoms with Gasteiger partial charge in [-0.25, -0.2) is 4.68 Å². The van der Waals surface area contributed by atoms with Crippen molar-refractivity contribution >= 4 is 17.8 Å². The van der Waals surface area contributed by atoms with Gasteiger partial charge in [0.25, 0.3) is 5.91 Å². The minimum atomic E-state index is -0.432. The summed E-state index contributed by atoms with van der Waals surface area (Å²) in [4.78, 5) is 33.4. The number of anilines is 1. The molecule has 3 heterocycles. The third-order valence-corrected chi connectivity index (χ3v) is 5.27. The lowest BCUT2D eigenvalue weighted by molar-refractivity contribution is -0.139. The second-order valence-corrected chi connectivity index (χ2v) is 6.88. The first kappa shape index (κ1) is 19.1. The van der Waals surface area contributed by atoms with Gasteiger partial charge in [0.2, 0.25) is 5.95 Å². The average molecular weight is 397 g/mol. The Morgan fingerprint density at radius 2 is 1.93 bits per heavy atom. The number of carbonyl (C=O) groups excluding carboxylic acids is 2. The molecule has 1 atom stereocenters. The highest BCUT2D eigenvalue weighted by molar-refractivity contribution is 5.97. The Labute approximate surface area is 168 Å². The van der Waals surface area contributed by atoms with E-state index in [2.05, 4.69) is 10.1 Å². The lowest BCUT2D eigenvalue weighted by Crippen LogP contribution is -2.46. The van der Waals surface area contributed by atoms with Crippen molar-refractivity contribution in [1.29, 1.82) is 0 Å². The second-order valence-electron chi connectivity index (χ2n) is 6.88. The molecule has 9 heteroatoms. The molecule has 1 amide bonds. The van der Waals surface area contributed by atoms with E-state index >= 15 is 0 Å². The van der Waals surface area contributed by atoms with E-state index in [1.165, 1.54) is 13.4 Å². The van der Waals surface area contributed by atoms with Crippen LogP contribution in [0.15, 0.2) is 47.9 Å². The lowest BCUT2D eigenvalue weighted by Gasteiger charge is -2.37. The van der Waals surface area contributed by atoms with Crippen molar-refractivity contribution < 1.29 is 19.1 Å². The zero-order chi connectivity index (χ0) is 20.4. The number of hydrogen-bond acceptors (Lipinski definition) is 7. The second kappa shape index (κ2) is 8.04. The molecule has 1 saturated heterocycles. The van der Waals surface area contributed by atoms with Gasteiger partial charge in [0, 0.05) is 18.8 Å². The Balaban J connectivity index is 1.84. The average Bonchev–Trinajstić information content (AvgIpc) is 3.25. The summed E-state index contributed by atoms with van der Waals surface area (Å²) >= 11 is 0. The predicted octanol–water partition coefficient (Wildman–Crippen LogP) is 0.993. The van der Waals surface area contributed by atoms with Crippen LogP contribution in [0.4, 0.5) is 5.95 Å². The summed E-state index contributed by atoms with van der Waals surface area (Å²) in [6.07, 6.45) is 1.44. The molecule has 152 valence electrons. The van der Waals surface area contributed by atoms with Gasteiger partial charge in [-0.3, -0.25) is 9.59 Å². The van der Waals surface area contributed by atoms with Crippen LogP contribution in [0.3, 0.4) is 0 Å². The predicted molar refractivity (Wildman–Crippen MR) is 104 cm³/mol. The minimum Gasteiger partial charge on any atom is -0.468 e. The molecule has 0 N–H and O–H groups in total. The van der Waals surface area contributed by atoms with Crippen molar-refractivity contribution in [2.24, 2.45) is 0 Å². The quantitative estimate of drug-likeness (QED) is 0.711. The summed E-state index contributed by atoms with van der Waals surface area (Å²) in [6.45, 7) is 3.85. The fraction of sp³-hybridized carbons (Fsp3) is 0.400. The number of allylic oxidation sites excluding steroid dienone is 1. The van der Waals surface area contributed by atoms with Gasteiger partial charge in [-0.05, 0) is 12.5 Å². The Bertz CT molecular complexity index is 933. The zero-order valence-electron chi connectivity index (χ0n) is 16.4. The third kappa shape index (κ3) is 3.49. The van der Waals surface area contributed by atoms with Gasteiger partial charge in [-0.2, -0.15) is 10.1 Å². The number of morpholine rings is 1. The molecule has 0 radical (unpaired) electrons. The van der Waals surface area contributed by atoms with Crippen LogP contribution < -0.4 is 4.90 Å². The van der Waals surface area contributed by atoms with Crippen LogP contribution in [-0.4, -0.2) is 71.5 Å². The van der Waals surface area contributed by atoms with E-state index in [1.807, 2.05) is 37.3 Å². The zero-order valence-corrected chi connectivity index (χ0v) is 16.4. The highest BCUT2D eigenvalue weighted by Crippen LogP contribution is 2.38. The third-order valence-electron chi connectivity index (χ3n) is 5.27. The fourth-order valence-corrected chi connectivity index (χ4v) is 3.77. The number of ether oxygens (including phenoxy) is 2. The maximum absolute atomic E-state index is 13.6.